The van der Waals surface area contributed by atoms with Crippen LogP contribution in [-0.4, -0.2) is 32.1 Å². The van der Waals surface area contributed by atoms with Gasteiger partial charge in [-0.25, -0.2) is 5.43 Å². The van der Waals surface area contributed by atoms with Gasteiger partial charge in [0.1, 0.15) is 4.88 Å². The second-order valence-corrected chi connectivity index (χ2v) is 8.89. The lowest BCUT2D eigenvalue weighted by atomic mass is 10.2. The Bertz CT molecular complexity index is 1330. The molecule has 0 radical (unpaired) electrons. The number of benzene rings is 3. The van der Waals surface area contributed by atoms with E-state index in [-0.39, 0.29) is 11.8 Å². The molecule has 8 heteroatoms. The lowest BCUT2D eigenvalue weighted by Crippen LogP contribution is -2.17. The number of fused-ring (bicyclic) bond motifs is 1. The lowest BCUT2D eigenvalue weighted by molar-refractivity contribution is 0.0954. The number of rotatable bonds is 6. The number of thiophene rings is 1. The van der Waals surface area contributed by atoms with E-state index in [1.807, 2.05) is 67.5 Å². The fourth-order valence-electron chi connectivity index (χ4n) is 3.14. The van der Waals surface area contributed by atoms with E-state index in [9.17, 15) is 9.59 Å². The molecule has 2 N–H and O–H groups in total. The summed E-state index contributed by atoms with van der Waals surface area (Å²) >= 11 is 7.72. The topological polar surface area (TPSA) is 73.8 Å². The van der Waals surface area contributed by atoms with Gasteiger partial charge in [0.05, 0.1) is 11.2 Å². The molecule has 0 saturated heterocycles. The van der Waals surface area contributed by atoms with Crippen molar-refractivity contribution in [2.45, 2.75) is 0 Å². The van der Waals surface area contributed by atoms with E-state index in [0.29, 0.717) is 21.2 Å². The molecule has 3 aromatic carbocycles. The number of nitrogens with one attached hydrogen (secondary N) is 2. The number of hydrogen-bond acceptors (Lipinski definition) is 5. The van der Waals surface area contributed by atoms with Crippen molar-refractivity contribution < 1.29 is 9.59 Å². The Kier molecular flexibility index (Phi) is 6.72. The van der Waals surface area contributed by atoms with E-state index < -0.39 is 0 Å². The summed E-state index contributed by atoms with van der Waals surface area (Å²) in [4.78, 5) is 27.5. The highest BCUT2D eigenvalue weighted by Gasteiger charge is 2.17. The van der Waals surface area contributed by atoms with Crippen molar-refractivity contribution in [3.05, 3.63) is 93.8 Å². The van der Waals surface area contributed by atoms with Crippen LogP contribution in [0.5, 0.6) is 0 Å². The molecule has 0 aliphatic rings. The molecule has 0 bridgehead atoms. The van der Waals surface area contributed by atoms with E-state index in [4.69, 9.17) is 11.6 Å². The first-order chi connectivity index (χ1) is 15.9. The molecule has 0 fully saturated rings. The first-order valence-corrected chi connectivity index (χ1v) is 11.3. The number of amides is 2. The van der Waals surface area contributed by atoms with Gasteiger partial charge in [-0.3, -0.25) is 9.59 Å². The molecule has 4 aromatic rings. The van der Waals surface area contributed by atoms with Gasteiger partial charge in [-0.1, -0.05) is 41.9 Å². The lowest BCUT2D eigenvalue weighted by Gasteiger charge is -2.11. The van der Waals surface area contributed by atoms with Crippen molar-refractivity contribution in [1.29, 1.82) is 0 Å². The molecular formula is C25H21ClN4O2S. The Morgan fingerprint density at radius 2 is 1.64 bits per heavy atom. The monoisotopic (exact) mass is 476 g/mol. The van der Waals surface area contributed by atoms with Gasteiger partial charge in [0, 0.05) is 41.1 Å². The third-order valence-corrected chi connectivity index (χ3v) is 6.61. The summed E-state index contributed by atoms with van der Waals surface area (Å²) in [7, 11) is 3.94. The molecule has 2 amide bonds. The summed E-state index contributed by atoms with van der Waals surface area (Å²) < 4.78 is 0.953. The Morgan fingerprint density at radius 3 is 2.30 bits per heavy atom. The molecule has 0 aliphatic carbocycles. The number of hydrogen-bond donors (Lipinski definition) is 2. The van der Waals surface area contributed by atoms with Crippen LogP contribution in [0.2, 0.25) is 5.02 Å². The molecule has 33 heavy (non-hydrogen) atoms. The minimum atomic E-state index is -0.346. The van der Waals surface area contributed by atoms with Crippen molar-refractivity contribution >= 4 is 62.4 Å². The van der Waals surface area contributed by atoms with Gasteiger partial charge in [-0.15, -0.1) is 11.3 Å². The molecule has 6 nitrogen and oxygen atoms in total. The maximum Gasteiger partial charge on any atom is 0.271 e. The van der Waals surface area contributed by atoms with E-state index in [2.05, 4.69) is 15.8 Å². The number of carbonyl (C=O) groups is 2. The van der Waals surface area contributed by atoms with Crippen LogP contribution >= 0.6 is 22.9 Å². The van der Waals surface area contributed by atoms with Gasteiger partial charge in [0.15, 0.2) is 0 Å². The first-order valence-electron chi connectivity index (χ1n) is 10.1. The molecule has 1 aromatic heterocycles. The maximum atomic E-state index is 12.7. The Balaban J connectivity index is 1.36. The van der Waals surface area contributed by atoms with Gasteiger partial charge < -0.3 is 10.2 Å². The minimum absolute atomic E-state index is 0.289. The zero-order valence-electron chi connectivity index (χ0n) is 18.0. The highest BCUT2D eigenvalue weighted by Crippen LogP contribution is 2.35. The van der Waals surface area contributed by atoms with Crippen LogP contribution in [0.3, 0.4) is 0 Å². The highest BCUT2D eigenvalue weighted by molar-refractivity contribution is 7.21. The van der Waals surface area contributed by atoms with E-state index in [1.165, 1.54) is 11.3 Å². The van der Waals surface area contributed by atoms with Crippen LogP contribution in [-0.2, 0) is 0 Å². The average molecular weight is 477 g/mol. The van der Waals surface area contributed by atoms with Gasteiger partial charge in [0.2, 0.25) is 0 Å². The molecule has 0 spiro atoms. The van der Waals surface area contributed by atoms with E-state index in [1.54, 1.807) is 30.5 Å². The minimum Gasteiger partial charge on any atom is -0.378 e. The van der Waals surface area contributed by atoms with Crippen LogP contribution in [0.15, 0.2) is 77.9 Å². The largest absolute Gasteiger partial charge is 0.378 e. The van der Waals surface area contributed by atoms with Crippen LogP contribution in [0.1, 0.15) is 25.6 Å². The zero-order valence-corrected chi connectivity index (χ0v) is 19.6. The number of anilines is 2. The highest BCUT2D eigenvalue weighted by atomic mass is 35.5. The molecule has 0 atom stereocenters. The number of hydrazone groups is 1. The number of carbonyl (C=O) groups excluding carboxylic acids is 2. The zero-order chi connectivity index (χ0) is 23.4. The summed E-state index contributed by atoms with van der Waals surface area (Å²) in [5.41, 5.74) is 5.45. The molecule has 0 unspecified atom stereocenters. The van der Waals surface area contributed by atoms with Crippen molar-refractivity contribution in [3.63, 3.8) is 0 Å². The van der Waals surface area contributed by atoms with Crippen molar-refractivity contribution in [2.75, 3.05) is 24.3 Å². The van der Waals surface area contributed by atoms with E-state index >= 15 is 0 Å². The quantitative estimate of drug-likeness (QED) is 0.279. The molecule has 4 rings (SSSR count). The first kappa shape index (κ1) is 22.5. The van der Waals surface area contributed by atoms with Gasteiger partial charge in [0.25, 0.3) is 11.8 Å². The molecule has 166 valence electrons. The second-order valence-electron chi connectivity index (χ2n) is 7.46. The molecule has 1 heterocycles. The summed E-state index contributed by atoms with van der Waals surface area (Å²) in [5.74, 6) is -0.634. The summed E-state index contributed by atoms with van der Waals surface area (Å²) in [6.07, 6.45) is 1.58. The van der Waals surface area contributed by atoms with Gasteiger partial charge in [-0.2, -0.15) is 5.10 Å². The summed E-state index contributed by atoms with van der Waals surface area (Å²) in [5, 5.41) is 8.14. The van der Waals surface area contributed by atoms with E-state index in [0.717, 1.165) is 21.3 Å². The second kappa shape index (κ2) is 9.85. The summed E-state index contributed by atoms with van der Waals surface area (Å²) in [6.45, 7) is 0. The third kappa shape index (κ3) is 5.22. The molecule has 0 saturated carbocycles. The number of nitrogens with zero attached hydrogens (tertiary/aromatic N) is 2. The fraction of sp³-hybridized carbons (Fsp3) is 0.0800. The third-order valence-electron chi connectivity index (χ3n) is 4.94. The van der Waals surface area contributed by atoms with Crippen molar-refractivity contribution in [3.8, 4) is 0 Å². The Hall–Kier alpha value is -3.68. The number of halogens is 1. The van der Waals surface area contributed by atoms with Gasteiger partial charge in [-0.05, 0) is 48.0 Å². The Labute approximate surface area is 200 Å². The molecule has 0 aliphatic heterocycles. The summed E-state index contributed by atoms with van der Waals surface area (Å²) in [6, 6.07) is 22.0. The standard InChI is InChI=1S/C25H21ClN4O2S/c1-30(2)19-13-7-16(8-14-19)15-27-29-24(31)17-9-11-18(12-10-17)28-25(32)23-22(26)20-5-3-4-6-21(20)33-23/h3-15H,1-2H3,(H,28,32)(H,29,31)/b27-15-. The van der Waals surface area contributed by atoms with Crippen LogP contribution in [0, 0.1) is 0 Å². The predicted octanol–water partition coefficient (Wildman–Crippen LogP) is 5.64. The smallest absolute Gasteiger partial charge is 0.271 e. The van der Waals surface area contributed by atoms with Crippen molar-refractivity contribution in [2.24, 2.45) is 5.10 Å². The van der Waals surface area contributed by atoms with Crippen LogP contribution in [0.4, 0.5) is 11.4 Å². The van der Waals surface area contributed by atoms with Crippen molar-refractivity contribution in [1.82, 2.24) is 5.43 Å². The maximum absolute atomic E-state index is 12.7. The van der Waals surface area contributed by atoms with Crippen LogP contribution in [0.25, 0.3) is 10.1 Å². The Morgan fingerprint density at radius 1 is 0.939 bits per heavy atom. The molecular weight excluding hydrogens is 456 g/mol. The predicted molar refractivity (Wildman–Crippen MR) is 137 cm³/mol. The average Bonchev–Trinajstić information content (AvgIpc) is 3.16. The normalized spacial score (nSPS) is 11.0. The van der Waals surface area contributed by atoms with Crippen LogP contribution < -0.4 is 15.6 Å². The van der Waals surface area contributed by atoms with Gasteiger partial charge >= 0.3 is 0 Å². The SMILES string of the molecule is CN(C)c1ccc(/C=N\NC(=O)c2ccc(NC(=O)c3sc4ccccc4c3Cl)cc2)cc1. The fourth-order valence-corrected chi connectivity index (χ4v) is 4.55.